The second-order valence-corrected chi connectivity index (χ2v) is 7.36. The van der Waals surface area contributed by atoms with E-state index in [4.69, 9.17) is 11.6 Å². The molecule has 118 valence electrons. The molecule has 0 bridgehead atoms. The summed E-state index contributed by atoms with van der Waals surface area (Å²) in [5, 5.41) is 8.76. The van der Waals surface area contributed by atoms with Gasteiger partial charge in [-0.25, -0.2) is 4.68 Å². The predicted octanol–water partition coefficient (Wildman–Crippen LogP) is 4.97. The molecule has 1 atom stereocenters. The minimum Gasteiger partial charge on any atom is -0.306 e. The summed E-state index contributed by atoms with van der Waals surface area (Å²) in [6.45, 7) is 2.15. The Morgan fingerprint density at radius 2 is 2.17 bits per heavy atom. The molecule has 1 aliphatic rings. The van der Waals surface area contributed by atoms with Gasteiger partial charge in [-0.3, -0.25) is 4.79 Å². The molecular formula is C17H16ClN3OS. The zero-order valence-electron chi connectivity index (χ0n) is 12.6. The van der Waals surface area contributed by atoms with Crippen molar-refractivity contribution in [1.29, 1.82) is 0 Å². The predicted molar refractivity (Wildman–Crippen MR) is 94.5 cm³/mol. The Balaban J connectivity index is 1.62. The fourth-order valence-corrected chi connectivity index (χ4v) is 4.26. The second kappa shape index (κ2) is 5.65. The van der Waals surface area contributed by atoms with Crippen LogP contribution in [0.25, 0.3) is 10.1 Å². The average molecular weight is 346 g/mol. The highest BCUT2D eigenvalue weighted by Crippen LogP contribution is 2.40. The normalized spacial score (nSPS) is 15.7. The van der Waals surface area contributed by atoms with Gasteiger partial charge in [-0.05, 0) is 31.7 Å². The zero-order chi connectivity index (χ0) is 16.0. The molecule has 1 aliphatic carbocycles. The molecule has 4 rings (SSSR count). The standard InChI is InChI=1S/C17H16ClN3OS/c1-10(11-6-7-11)21-14(8-9-19-21)20-17(22)16-15(18)12-4-2-3-5-13(12)23-16/h2-5,8-11H,6-7H2,1H3,(H,20,22). The number of rotatable bonds is 4. The van der Waals surface area contributed by atoms with Crippen LogP contribution in [0.15, 0.2) is 36.5 Å². The van der Waals surface area contributed by atoms with Gasteiger partial charge in [0.15, 0.2) is 0 Å². The monoisotopic (exact) mass is 345 g/mol. The Morgan fingerprint density at radius 3 is 2.91 bits per heavy atom. The Bertz CT molecular complexity index is 881. The maximum atomic E-state index is 12.6. The minimum absolute atomic E-state index is 0.180. The van der Waals surface area contributed by atoms with Gasteiger partial charge in [0.25, 0.3) is 5.91 Å². The van der Waals surface area contributed by atoms with Crippen molar-refractivity contribution < 1.29 is 4.79 Å². The van der Waals surface area contributed by atoms with Crippen molar-refractivity contribution in [2.75, 3.05) is 5.32 Å². The van der Waals surface area contributed by atoms with Crippen LogP contribution in [-0.2, 0) is 0 Å². The van der Waals surface area contributed by atoms with Crippen molar-refractivity contribution in [1.82, 2.24) is 9.78 Å². The first-order valence-corrected chi connectivity index (χ1v) is 8.86. The van der Waals surface area contributed by atoms with Crippen molar-refractivity contribution in [3.8, 4) is 0 Å². The van der Waals surface area contributed by atoms with Gasteiger partial charge in [-0.1, -0.05) is 29.8 Å². The number of fused-ring (bicyclic) bond motifs is 1. The Hall–Kier alpha value is -1.85. The van der Waals surface area contributed by atoms with Gasteiger partial charge in [0, 0.05) is 16.2 Å². The fourth-order valence-electron chi connectivity index (χ4n) is 2.85. The third-order valence-corrected chi connectivity index (χ3v) is 6.02. The van der Waals surface area contributed by atoms with Crippen molar-refractivity contribution in [3.05, 3.63) is 46.4 Å². The molecule has 2 aromatic heterocycles. The zero-order valence-corrected chi connectivity index (χ0v) is 14.2. The smallest absolute Gasteiger partial charge is 0.268 e. The summed E-state index contributed by atoms with van der Waals surface area (Å²) in [5.41, 5.74) is 0. The van der Waals surface area contributed by atoms with E-state index in [2.05, 4.69) is 17.3 Å². The Labute approximate surface area is 143 Å². The summed E-state index contributed by atoms with van der Waals surface area (Å²) >= 11 is 7.80. The summed E-state index contributed by atoms with van der Waals surface area (Å²) in [7, 11) is 0. The van der Waals surface area contributed by atoms with Gasteiger partial charge in [-0.2, -0.15) is 5.10 Å². The van der Waals surface area contributed by atoms with Crippen LogP contribution in [0.5, 0.6) is 0 Å². The molecule has 4 nitrogen and oxygen atoms in total. The summed E-state index contributed by atoms with van der Waals surface area (Å²) in [4.78, 5) is 13.2. The number of hydrogen-bond donors (Lipinski definition) is 1. The number of hydrogen-bond acceptors (Lipinski definition) is 3. The van der Waals surface area contributed by atoms with Crippen LogP contribution in [0.3, 0.4) is 0 Å². The summed E-state index contributed by atoms with van der Waals surface area (Å²) < 4.78 is 2.92. The molecule has 1 aromatic carbocycles. The number of benzene rings is 1. The van der Waals surface area contributed by atoms with Crippen LogP contribution in [0, 0.1) is 5.92 Å². The summed E-state index contributed by atoms with van der Waals surface area (Å²) in [6.07, 6.45) is 4.19. The van der Waals surface area contributed by atoms with Crippen molar-refractivity contribution in [2.45, 2.75) is 25.8 Å². The van der Waals surface area contributed by atoms with Gasteiger partial charge < -0.3 is 5.32 Å². The van der Waals surface area contributed by atoms with E-state index >= 15 is 0 Å². The van der Waals surface area contributed by atoms with E-state index < -0.39 is 0 Å². The van der Waals surface area contributed by atoms with E-state index in [9.17, 15) is 4.79 Å². The van der Waals surface area contributed by atoms with Crippen molar-refractivity contribution in [2.24, 2.45) is 5.92 Å². The topological polar surface area (TPSA) is 46.9 Å². The lowest BCUT2D eigenvalue weighted by Crippen LogP contribution is -2.17. The molecule has 0 radical (unpaired) electrons. The fraction of sp³-hybridized carbons (Fsp3) is 0.294. The van der Waals surface area contributed by atoms with Crippen LogP contribution < -0.4 is 5.32 Å². The van der Waals surface area contributed by atoms with Gasteiger partial charge in [0.05, 0.1) is 17.3 Å². The molecule has 0 spiro atoms. The van der Waals surface area contributed by atoms with E-state index in [1.54, 1.807) is 6.20 Å². The van der Waals surface area contributed by atoms with E-state index in [1.807, 2.05) is 35.0 Å². The van der Waals surface area contributed by atoms with Crippen molar-refractivity contribution >= 4 is 44.7 Å². The van der Waals surface area contributed by atoms with Gasteiger partial charge >= 0.3 is 0 Å². The molecule has 2 heterocycles. The number of nitrogens with one attached hydrogen (secondary N) is 1. The molecule has 1 N–H and O–H groups in total. The SMILES string of the molecule is CC(C1CC1)n1nccc1NC(=O)c1sc2ccccc2c1Cl. The first-order chi connectivity index (χ1) is 11.1. The van der Waals surface area contributed by atoms with E-state index in [0.717, 1.165) is 15.9 Å². The number of thiophene rings is 1. The molecule has 23 heavy (non-hydrogen) atoms. The number of amides is 1. The van der Waals surface area contributed by atoms with E-state index in [1.165, 1.54) is 24.2 Å². The molecule has 1 unspecified atom stereocenters. The molecule has 0 saturated heterocycles. The first kappa shape index (κ1) is 14.7. The van der Waals surface area contributed by atoms with Crippen LogP contribution in [0.1, 0.15) is 35.5 Å². The molecule has 1 saturated carbocycles. The van der Waals surface area contributed by atoms with Gasteiger partial charge in [-0.15, -0.1) is 11.3 Å². The molecule has 1 fully saturated rings. The average Bonchev–Trinajstić information content (AvgIpc) is 3.22. The molecular weight excluding hydrogens is 330 g/mol. The maximum Gasteiger partial charge on any atom is 0.268 e. The van der Waals surface area contributed by atoms with E-state index in [0.29, 0.717) is 21.9 Å². The first-order valence-electron chi connectivity index (χ1n) is 7.67. The highest BCUT2D eigenvalue weighted by molar-refractivity contribution is 7.21. The van der Waals surface area contributed by atoms with Crippen LogP contribution in [0.4, 0.5) is 5.82 Å². The second-order valence-electron chi connectivity index (χ2n) is 5.93. The number of aromatic nitrogens is 2. The minimum atomic E-state index is -0.180. The van der Waals surface area contributed by atoms with Gasteiger partial charge in [0.1, 0.15) is 10.7 Å². The van der Waals surface area contributed by atoms with Crippen molar-refractivity contribution in [3.63, 3.8) is 0 Å². The highest BCUT2D eigenvalue weighted by Gasteiger charge is 2.31. The third kappa shape index (κ3) is 2.64. The largest absolute Gasteiger partial charge is 0.306 e. The Kier molecular flexibility index (Phi) is 3.62. The molecule has 6 heteroatoms. The number of carbonyl (C=O) groups is 1. The Morgan fingerprint density at radius 1 is 1.39 bits per heavy atom. The molecule has 3 aromatic rings. The lowest BCUT2D eigenvalue weighted by atomic mass is 10.2. The molecule has 1 amide bonds. The summed E-state index contributed by atoms with van der Waals surface area (Å²) in [6, 6.07) is 9.92. The van der Waals surface area contributed by atoms with Crippen LogP contribution in [0.2, 0.25) is 5.02 Å². The van der Waals surface area contributed by atoms with Crippen LogP contribution in [-0.4, -0.2) is 15.7 Å². The van der Waals surface area contributed by atoms with Crippen LogP contribution >= 0.6 is 22.9 Å². The quantitative estimate of drug-likeness (QED) is 0.725. The number of nitrogens with zero attached hydrogens (tertiary/aromatic N) is 2. The highest BCUT2D eigenvalue weighted by atomic mass is 35.5. The maximum absolute atomic E-state index is 12.6. The number of halogens is 1. The van der Waals surface area contributed by atoms with Gasteiger partial charge in [0.2, 0.25) is 0 Å². The molecule has 0 aliphatic heterocycles. The lowest BCUT2D eigenvalue weighted by Gasteiger charge is -2.15. The number of carbonyl (C=O) groups excluding carboxylic acids is 1. The number of anilines is 1. The third-order valence-electron chi connectivity index (χ3n) is 4.34. The van der Waals surface area contributed by atoms with E-state index in [-0.39, 0.29) is 5.91 Å². The lowest BCUT2D eigenvalue weighted by molar-refractivity contribution is 0.102. The summed E-state index contributed by atoms with van der Waals surface area (Å²) in [5.74, 6) is 1.21.